The van der Waals surface area contributed by atoms with Crippen LogP contribution < -0.4 is 0 Å². The van der Waals surface area contributed by atoms with E-state index in [1.54, 1.807) is 27.4 Å². The summed E-state index contributed by atoms with van der Waals surface area (Å²) in [7, 11) is 1.88. The van der Waals surface area contributed by atoms with E-state index >= 15 is 0 Å². The number of pyridine rings is 1. The molecule has 0 N–H and O–H groups in total. The molecule has 3 aromatic heterocycles. The molecule has 1 atom stereocenters. The predicted octanol–water partition coefficient (Wildman–Crippen LogP) is 1.93. The SMILES string of the molecule is Cc1nc(C(=O)N2Cc3nnn(C)c3C(COCc3ccncc3)C2)cs1. The second kappa shape index (κ2) is 7.53. The Hall–Kier alpha value is -2.65. The fourth-order valence-electron chi connectivity index (χ4n) is 3.33. The van der Waals surface area contributed by atoms with Crippen LogP contribution in [0.15, 0.2) is 29.9 Å². The Morgan fingerprint density at radius 1 is 1.37 bits per heavy atom. The number of ether oxygens (including phenoxy) is 1. The summed E-state index contributed by atoms with van der Waals surface area (Å²) >= 11 is 1.48. The van der Waals surface area contributed by atoms with E-state index in [1.165, 1.54) is 11.3 Å². The largest absolute Gasteiger partial charge is 0.376 e. The molecule has 0 bridgehead atoms. The summed E-state index contributed by atoms with van der Waals surface area (Å²) in [5.74, 6) is -0.0611. The van der Waals surface area contributed by atoms with E-state index in [-0.39, 0.29) is 11.8 Å². The van der Waals surface area contributed by atoms with E-state index in [0.717, 1.165) is 22.0 Å². The van der Waals surface area contributed by atoms with E-state index in [9.17, 15) is 4.79 Å². The van der Waals surface area contributed by atoms with Crippen molar-refractivity contribution in [1.29, 1.82) is 0 Å². The summed E-state index contributed by atoms with van der Waals surface area (Å²) < 4.78 is 7.71. The smallest absolute Gasteiger partial charge is 0.273 e. The van der Waals surface area contributed by atoms with Crippen LogP contribution in [0.25, 0.3) is 0 Å². The maximum atomic E-state index is 12.8. The van der Waals surface area contributed by atoms with Crippen LogP contribution in [0.3, 0.4) is 0 Å². The lowest BCUT2D eigenvalue weighted by Gasteiger charge is -2.31. The molecule has 1 aliphatic heterocycles. The molecule has 8 nitrogen and oxygen atoms in total. The van der Waals surface area contributed by atoms with Crippen molar-refractivity contribution in [3.8, 4) is 0 Å². The molecule has 0 aromatic carbocycles. The van der Waals surface area contributed by atoms with Crippen molar-refractivity contribution >= 4 is 17.2 Å². The first-order valence-electron chi connectivity index (χ1n) is 8.68. The van der Waals surface area contributed by atoms with E-state index in [4.69, 9.17) is 4.74 Å². The molecule has 27 heavy (non-hydrogen) atoms. The molecule has 9 heteroatoms. The van der Waals surface area contributed by atoms with Crippen molar-refractivity contribution in [3.05, 3.63) is 57.6 Å². The standard InChI is InChI=1S/C18H20N6O2S/c1-12-20-16(11-27-12)18(25)24-7-14(17-15(8-24)21-22-23(17)2)10-26-9-13-3-5-19-6-4-13/h3-6,11,14H,7-10H2,1-2H3. The zero-order chi connectivity index (χ0) is 18.8. The van der Waals surface area contributed by atoms with Crippen molar-refractivity contribution in [3.63, 3.8) is 0 Å². The van der Waals surface area contributed by atoms with Gasteiger partial charge in [-0.1, -0.05) is 5.21 Å². The zero-order valence-electron chi connectivity index (χ0n) is 15.2. The molecule has 0 fully saturated rings. The van der Waals surface area contributed by atoms with Gasteiger partial charge >= 0.3 is 0 Å². The fourth-order valence-corrected chi connectivity index (χ4v) is 3.91. The van der Waals surface area contributed by atoms with Gasteiger partial charge in [0.25, 0.3) is 5.91 Å². The molecule has 4 heterocycles. The van der Waals surface area contributed by atoms with Crippen LogP contribution in [-0.4, -0.2) is 48.9 Å². The molecule has 0 saturated carbocycles. The summed E-state index contributed by atoms with van der Waals surface area (Å²) in [6.07, 6.45) is 3.50. The molecule has 0 spiro atoms. The molecule has 1 unspecified atom stereocenters. The number of hydrogen-bond acceptors (Lipinski definition) is 7. The average molecular weight is 384 g/mol. The quantitative estimate of drug-likeness (QED) is 0.668. The minimum Gasteiger partial charge on any atom is -0.376 e. The molecule has 0 saturated heterocycles. The van der Waals surface area contributed by atoms with Gasteiger partial charge in [-0.15, -0.1) is 16.4 Å². The fraction of sp³-hybridized carbons (Fsp3) is 0.389. The van der Waals surface area contributed by atoms with Crippen LogP contribution in [-0.2, 0) is 24.9 Å². The lowest BCUT2D eigenvalue weighted by molar-refractivity contribution is 0.0603. The number of carbonyl (C=O) groups excluding carboxylic acids is 1. The van der Waals surface area contributed by atoms with Crippen molar-refractivity contribution in [2.75, 3.05) is 13.2 Å². The van der Waals surface area contributed by atoms with Gasteiger partial charge in [0.2, 0.25) is 0 Å². The molecule has 140 valence electrons. The summed E-state index contributed by atoms with van der Waals surface area (Å²) in [4.78, 5) is 23.0. The highest BCUT2D eigenvalue weighted by Crippen LogP contribution is 2.28. The maximum absolute atomic E-state index is 12.8. The average Bonchev–Trinajstić information content (AvgIpc) is 3.28. The first kappa shape index (κ1) is 17.7. The highest BCUT2D eigenvalue weighted by atomic mass is 32.1. The number of thiazole rings is 1. The summed E-state index contributed by atoms with van der Waals surface area (Å²) in [5, 5.41) is 11.1. The third kappa shape index (κ3) is 3.74. The minimum absolute atomic E-state index is 0.0132. The van der Waals surface area contributed by atoms with Gasteiger partial charge in [0, 0.05) is 37.3 Å². The highest BCUT2D eigenvalue weighted by Gasteiger charge is 2.33. The summed E-state index contributed by atoms with van der Waals surface area (Å²) in [6.45, 7) is 3.88. The minimum atomic E-state index is -0.0743. The first-order chi connectivity index (χ1) is 13.1. The van der Waals surface area contributed by atoms with Gasteiger partial charge in [-0.05, 0) is 24.6 Å². The Kier molecular flexibility index (Phi) is 4.95. The van der Waals surface area contributed by atoms with Crippen molar-refractivity contribution < 1.29 is 9.53 Å². The van der Waals surface area contributed by atoms with E-state index in [0.29, 0.717) is 32.0 Å². The van der Waals surface area contributed by atoms with Crippen LogP contribution in [0, 0.1) is 6.92 Å². The Labute approximate surface area is 160 Å². The Morgan fingerprint density at radius 3 is 2.93 bits per heavy atom. The monoisotopic (exact) mass is 384 g/mol. The van der Waals surface area contributed by atoms with E-state index < -0.39 is 0 Å². The highest BCUT2D eigenvalue weighted by molar-refractivity contribution is 7.09. The number of aryl methyl sites for hydroxylation is 2. The predicted molar refractivity (Wildman–Crippen MR) is 99.2 cm³/mol. The van der Waals surface area contributed by atoms with Gasteiger partial charge in [0.1, 0.15) is 11.4 Å². The van der Waals surface area contributed by atoms with Crippen molar-refractivity contribution in [2.45, 2.75) is 26.0 Å². The molecular weight excluding hydrogens is 364 g/mol. The van der Waals surface area contributed by atoms with E-state index in [2.05, 4.69) is 20.3 Å². The molecule has 1 aliphatic rings. The van der Waals surface area contributed by atoms with Gasteiger partial charge in [-0.2, -0.15) is 0 Å². The van der Waals surface area contributed by atoms with Crippen molar-refractivity contribution in [2.24, 2.45) is 7.05 Å². The second-order valence-corrected chi connectivity index (χ2v) is 7.61. The Balaban J connectivity index is 1.49. The molecule has 0 aliphatic carbocycles. The molecule has 0 radical (unpaired) electrons. The third-order valence-electron chi connectivity index (χ3n) is 4.57. The van der Waals surface area contributed by atoms with Crippen LogP contribution in [0.4, 0.5) is 0 Å². The number of amides is 1. The van der Waals surface area contributed by atoms with Crippen molar-refractivity contribution in [1.82, 2.24) is 29.9 Å². The lowest BCUT2D eigenvalue weighted by atomic mass is 9.98. The number of carbonyl (C=O) groups is 1. The topological polar surface area (TPSA) is 86.0 Å². The molecule has 4 rings (SSSR count). The number of rotatable bonds is 5. The lowest BCUT2D eigenvalue weighted by Crippen LogP contribution is -2.40. The third-order valence-corrected chi connectivity index (χ3v) is 5.35. The van der Waals surface area contributed by atoms with Crippen LogP contribution in [0.1, 0.15) is 38.4 Å². The summed E-state index contributed by atoms with van der Waals surface area (Å²) in [6, 6.07) is 3.86. The second-order valence-electron chi connectivity index (χ2n) is 6.55. The Morgan fingerprint density at radius 2 is 2.19 bits per heavy atom. The normalized spacial score (nSPS) is 16.4. The van der Waals surface area contributed by atoms with Crippen LogP contribution >= 0.6 is 11.3 Å². The number of aromatic nitrogens is 5. The number of hydrogen-bond donors (Lipinski definition) is 0. The van der Waals surface area contributed by atoms with E-state index in [1.807, 2.05) is 26.1 Å². The van der Waals surface area contributed by atoms with Gasteiger partial charge in [-0.3, -0.25) is 14.5 Å². The van der Waals surface area contributed by atoms with Crippen LogP contribution in [0.5, 0.6) is 0 Å². The Bertz CT molecular complexity index is 938. The number of fused-ring (bicyclic) bond motifs is 1. The molecular formula is C18H20N6O2S. The van der Waals surface area contributed by atoms with Gasteiger partial charge in [0.15, 0.2) is 0 Å². The molecule has 3 aromatic rings. The number of nitrogens with zero attached hydrogens (tertiary/aromatic N) is 6. The van der Waals surface area contributed by atoms with Gasteiger partial charge in [-0.25, -0.2) is 4.98 Å². The van der Waals surface area contributed by atoms with Gasteiger partial charge < -0.3 is 9.64 Å². The van der Waals surface area contributed by atoms with Crippen LogP contribution in [0.2, 0.25) is 0 Å². The first-order valence-corrected chi connectivity index (χ1v) is 9.56. The van der Waals surface area contributed by atoms with Gasteiger partial charge in [0.05, 0.1) is 30.5 Å². The maximum Gasteiger partial charge on any atom is 0.273 e. The molecule has 1 amide bonds. The summed E-state index contributed by atoms with van der Waals surface area (Å²) in [5.41, 5.74) is 3.40. The zero-order valence-corrected chi connectivity index (χ0v) is 16.0.